The van der Waals surface area contributed by atoms with Crippen molar-refractivity contribution in [2.45, 2.75) is 27.0 Å². The Bertz CT molecular complexity index is 621. The summed E-state index contributed by atoms with van der Waals surface area (Å²) in [5.41, 5.74) is 2.39. The second-order valence-corrected chi connectivity index (χ2v) is 4.31. The Morgan fingerprint density at radius 3 is 2.74 bits per heavy atom. The van der Waals surface area contributed by atoms with Gasteiger partial charge in [-0.25, -0.2) is 4.98 Å². The molecule has 0 bridgehead atoms. The van der Waals surface area contributed by atoms with E-state index in [2.05, 4.69) is 9.97 Å². The zero-order valence-electron chi connectivity index (χ0n) is 10.7. The van der Waals surface area contributed by atoms with E-state index in [1.807, 2.05) is 0 Å². The smallest absolute Gasteiger partial charge is 0.278 e. The summed E-state index contributed by atoms with van der Waals surface area (Å²) in [6.45, 7) is 3.62. The Kier molecular flexibility index (Phi) is 3.57. The largest absolute Gasteiger partial charge is 0.390 e. The monoisotopic (exact) mass is 262 g/mol. The van der Waals surface area contributed by atoms with Crippen molar-refractivity contribution in [3.8, 4) is 0 Å². The van der Waals surface area contributed by atoms with Gasteiger partial charge in [0.1, 0.15) is 0 Å². The van der Waals surface area contributed by atoms with Crippen molar-refractivity contribution in [1.82, 2.24) is 14.5 Å². The topological polar surface area (TPSA) is 94.1 Å². The van der Waals surface area contributed by atoms with Gasteiger partial charge >= 0.3 is 0 Å². The van der Waals surface area contributed by atoms with Crippen molar-refractivity contribution in [2.24, 2.45) is 0 Å². The summed E-state index contributed by atoms with van der Waals surface area (Å²) in [6.07, 6.45) is 4.76. The second kappa shape index (κ2) is 5.15. The van der Waals surface area contributed by atoms with E-state index in [-0.39, 0.29) is 17.2 Å². The third kappa shape index (κ3) is 2.60. The minimum Gasteiger partial charge on any atom is -0.390 e. The average molecular weight is 262 g/mol. The van der Waals surface area contributed by atoms with Gasteiger partial charge in [0.25, 0.3) is 5.69 Å². The Morgan fingerprint density at radius 2 is 2.16 bits per heavy atom. The molecule has 0 aromatic carbocycles. The number of hydrogen-bond donors (Lipinski definition) is 1. The summed E-state index contributed by atoms with van der Waals surface area (Å²) in [5, 5.41) is 20.0. The highest BCUT2D eigenvalue weighted by molar-refractivity contribution is 5.47. The predicted octanol–water partition coefficient (Wildman–Crippen LogP) is 1.34. The van der Waals surface area contributed by atoms with Gasteiger partial charge in [0, 0.05) is 18.0 Å². The van der Waals surface area contributed by atoms with Crippen LogP contribution >= 0.6 is 0 Å². The molecule has 7 nitrogen and oxygen atoms in total. The molecule has 7 heteroatoms. The van der Waals surface area contributed by atoms with E-state index in [1.165, 1.54) is 6.20 Å². The van der Waals surface area contributed by atoms with Crippen molar-refractivity contribution in [1.29, 1.82) is 0 Å². The molecule has 2 rings (SSSR count). The Morgan fingerprint density at radius 1 is 1.42 bits per heavy atom. The highest BCUT2D eigenvalue weighted by atomic mass is 16.6. The van der Waals surface area contributed by atoms with Crippen molar-refractivity contribution < 1.29 is 10.0 Å². The van der Waals surface area contributed by atoms with Crippen molar-refractivity contribution in [2.75, 3.05) is 0 Å². The fourth-order valence-corrected chi connectivity index (χ4v) is 1.95. The molecule has 0 aliphatic heterocycles. The van der Waals surface area contributed by atoms with Crippen LogP contribution in [0.2, 0.25) is 0 Å². The summed E-state index contributed by atoms with van der Waals surface area (Å²) < 4.78 is 1.74. The average Bonchev–Trinajstić information content (AvgIpc) is 2.80. The molecule has 0 radical (unpaired) electrons. The van der Waals surface area contributed by atoms with Crippen molar-refractivity contribution in [3.63, 3.8) is 0 Å². The SMILES string of the molecule is Cc1cnc(Cn2cnc(CO)c2)c(C)c1[N+](=O)[O-]. The first kappa shape index (κ1) is 13.2. The van der Waals surface area contributed by atoms with Gasteiger partial charge in [0.2, 0.25) is 0 Å². The molecule has 0 spiro atoms. The van der Waals surface area contributed by atoms with Crippen molar-refractivity contribution >= 4 is 5.69 Å². The van der Waals surface area contributed by atoms with Crippen LogP contribution in [0, 0.1) is 24.0 Å². The van der Waals surface area contributed by atoms with E-state index < -0.39 is 0 Å². The molecular formula is C12H14N4O3. The lowest BCUT2D eigenvalue weighted by Crippen LogP contribution is -2.06. The third-order valence-corrected chi connectivity index (χ3v) is 2.94. The molecule has 100 valence electrons. The van der Waals surface area contributed by atoms with Crippen LogP contribution in [0.4, 0.5) is 5.69 Å². The zero-order chi connectivity index (χ0) is 14.0. The zero-order valence-corrected chi connectivity index (χ0v) is 10.7. The molecule has 0 amide bonds. The van der Waals surface area contributed by atoms with E-state index in [0.717, 1.165) is 0 Å². The van der Waals surface area contributed by atoms with Gasteiger partial charge in [-0.3, -0.25) is 15.1 Å². The first-order valence-corrected chi connectivity index (χ1v) is 5.74. The number of aryl methyl sites for hydroxylation is 1. The number of pyridine rings is 1. The molecule has 0 fully saturated rings. The van der Waals surface area contributed by atoms with E-state index in [0.29, 0.717) is 29.1 Å². The molecule has 0 atom stereocenters. The molecule has 19 heavy (non-hydrogen) atoms. The quantitative estimate of drug-likeness (QED) is 0.662. The molecule has 0 aliphatic carbocycles. The second-order valence-electron chi connectivity index (χ2n) is 4.31. The Hall–Kier alpha value is -2.28. The summed E-state index contributed by atoms with van der Waals surface area (Å²) in [5.74, 6) is 0. The lowest BCUT2D eigenvalue weighted by atomic mass is 10.1. The number of nitro groups is 1. The molecule has 1 N–H and O–H groups in total. The summed E-state index contributed by atoms with van der Waals surface area (Å²) in [7, 11) is 0. The van der Waals surface area contributed by atoms with Crippen LogP contribution in [0.1, 0.15) is 22.5 Å². The van der Waals surface area contributed by atoms with Crippen LogP contribution in [0.3, 0.4) is 0 Å². The molecule has 2 aromatic rings. The fourth-order valence-electron chi connectivity index (χ4n) is 1.95. The minimum absolute atomic E-state index is 0.104. The van der Waals surface area contributed by atoms with Gasteiger partial charge in [0.15, 0.2) is 0 Å². The highest BCUT2D eigenvalue weighted by Gasteiger charge is 2.18. The maximum absolute atomic E-state index is 11.0. The number of imidazole rings is 1. The van der Waals surface area contributed by atoms with Gasteiger partial charge in [-0.15, -0.1) is 0 Å². The van der Waals surface area contributed by atoms with E-state index in [4.69, 9.17) is 5.11 Å². The lowest BCUT2D eigenvalue weighted by Gasteiger charge is -2.07. The van der Waals surface area contributed by atoms with Gasteiger partial charge < -0.3 is 9.67 Å². The molecule has 2 aromatic heterocycles. The fraction of sp³-hybridized carbons (Fsp3) is 0.333. The number of hydrogen-bond acceptors (Lipinski definition) is 5. The van der Waals surface area contributed by atoms with Crippen molar-refractivity contribution in [3.05, 3.63) is 51.4 Å². The molecule has 0 saturated carbocycles. The summed E-state index contributed by atoms with van der Waals surface area (Å²) in [6, 6.07) is 0. The lowest BCUT2D eigenvalue weighted by molar-refractivity contribution is -0.386. The van der Waals surface area contributed by atoms with Gasteiger partial charge in [-0.05, 0) is 13.8 Å². The number of aliphatic hydroxyl groups is 1. The number of aromatic nitrogens is 3. The number of rotatable bonds is 4. The summed E-state index contributed by atoms with van der Waals surface area (Å²) in [4.78, 5) is 18.9. The van der Waals surface area contributed by atoms with Crippen LogP contribution in [0.15, 0.2) is 18.7 Å². The third-order valence-electron chi connectivity index (χ3n) is 2.94. The van der Waals surface area contributed by atoms with E-state index in [9.17, 15) is 10.1 Å². The molecule has 0 unspecified atom stereocenters. The predicted molar refractivity (Wildman–Crippen MR) is 67.6 cm³/mol. The van der Waals surface area contributed by atoms with Gasteiger partial charge in [-0.2, -0.15) is 0 Å². The standard InChI is InChI=1S/C12H14N4O3/c1-8-3-13-11(9(2)12(8)16(18)19)5-15-4-10(6-17)14-7-15/h3-4,7,17H,5-6H2,1-2H3. The molecule has 2 heterocycles. The Labute approximate surface area is 109 Å². The van der Waals surface area contributed by atoms with E-state index in [1.54, 1.807) is 30.9 Å². The number of aliphatic hydroxyl groups excluding tert-OH is 1. The highest BCUT2D eigenvalue weighted by Crippen LogP contribution is 2.24. The van der Waals surface area contributed by atoms with Crippen LogP contribution in [-0.2, 0) is 13.2 Å². The Balaban J connectivity index is 2.35. The summed E-state index contributed by atoms with van der Waals surface area (Å²) >= 11 is 0. The maximum atomic E-state index is 11.0. The van der Waals surface area contributed by atoms with Crippen LogP contribution in [-0.4, -0.2) is 24.6 Å². The van der Waals surface area contributed by atoms with Crippen LogP contribution in [0.25, 0.3) is 0 Å². The first-order chi connectivity index (χ1) is 9.02. The van der Waals surface area contributed by atoms with Gasteiger partial charge in [0.05, 0.1) is 41.4 Å². The normalized spacial score (nSPS) is 10.7. The van der Waals surface area contributed by atoms with Crippen LogP contribution in [0.5, 0.6) is 0 Å². The van der Waals surface area contributed by atoms with Gasteiger partial charge in [-0.1, -0.05) is 0 Å². The van der Waals surface area contributed by atoms with E-state index >= 15 is 0 Å². The first-order valence-electron chi connectivity index (χ1n) is 5.74. The molecule has 0 saturated heterocycles. The number of nitrogens with zero attached hydrogens (tertiary/aromatic N) is 4. The molecular weight excluding hydrogens is 248 g/mol. The maximum Gasteiger partial charge on any atom is 0.278 e. The van der Waals surface area contributed by atoms with Crippen LogP contribution < -0.4 is 0 Å². The minimum atomic E-state index is -0.386. The molecule has 0 aliphatic rings.